The highest BCUT2D eigenvalue weighted by Gasteiger charge is 2.32. The third-order valence-corrected chi connectivity index (χ3v) is 7.78. The maximum Gasteiger partial charge on any atom is 0.248 e. The predicted molar refractivity (Wildman–Crippen MR) is 136 cm³/mol. The van der Waals surface area contributed by atoms with E-state index >= 15 is 0 Å². The third kappa shape index (κ3) is 9.30. The van der Waals surface area contributed by atoms with E-state index in [1.807, 2.05) is 21.6 Å². The molecule has 0 unspecified atom stereocenters. The minimum atomic E-state index is -0.535. The number of amides is 3. The molecule has 0 atom stereocenters. The van der Waals surface area contributed by atoms with Crippen LogP contribution < -0.4 is 0 Å². The van der Waals surface area contributed by atoms with Gasteiger partial charge in [0.1, 0.15) is 19.8 Å². The number of carbonyl (C=O) groups is 3. The Bertz CT molecular complexity index is 597. The summed E-state index contributed by atoms with van der Waals surface area (Å²) in [7, 11) is 0. The fraction of sp³-hybridized carbons (Fsp3) is 0.889. The Hall–Kier alpha value is -1.71. The molecule has 9 nitrogen and oxygen atoms in total. The van der Waals surface area contributed by atoms with E-state index in [0.717, 1.165) is 77.8 Å². The molecule has 9 heteroatoms. The Kier molecular flexibility index (Phi) is 12.4. The van der Waals surface area contributed by atoms with Gasteiger partial charge >= 0.3 is 0 Å². The summed E-state index contributed by atoms with van der Waals surface area (Å²) in [6, 6.07) is 0. The lowest BCUT2D eigenvalue weighted by molar-refractivity contribution is -0.146. The zero-order valence-electron chi connectivity index (χ0n) is 22.3. The normalized spacial score (nSPS) is 19.4. The molecule has 0 aromatic rings. The SMILES string of the molecule is CCC(COCC(=O)N1CCCCC1)(COCC(=O)N1CCCCC1)COCC(=O)N1CCCCC1. The molecule has 0 aromatic carbocycles. The van der Waals surface area contributed by atoms with E-state index in [1.165, 1.54) is 19.3 Å². The zero-order valence-corrected chi connectivity index (χ0v) is 22.3. The van der Waals surface area contributed by atoms with Gasteiger partial charge in [-0.05, 0) is 64.2 Å². The average molecular weight is 510 g/mol. The molecule has 0 N–H and O–H groups in total. The Labute approximate surface area is 216 Å². The number of carbonyl (C=O) groups excluding carboxylic acids is 3. The van der Waals surface area contributed by atoms with Crippen LogP contribution in [0.25, 0.3) is 0 Å². The quantitative estimate of drug-likeness (QED) is 0.379. The molecule has 3 rings (SSSR count). The molecule has 3 fully saturated rings. The number of hydrogen-bond acceptors (Lipinski definition) is 6. The van der Waals surface area contributed by atoms with Crippen molar-refractivity contribution in [2.75, 3.05) is 78.9 Å². The summed E-state index contributed by atoms with van der Waals surface area (Å²) in [5.74, 6) is 0.0475. The van der Waals surface area contributed by atoms with Crippen molar-refractivity contribution in [2.45, 2.75) is 71.1 Å². The fourth-order valence-corrected chi connectivity index (χ4v) is 5.20. The molecule has 36 heavy (non-hydrogen) atoms. The summed E-state index contributed by atoms with van der Waals surface area (Å²) in [5.41, 5.74) is -0.535. The number of nitrogens with zero attached hydrogens (tertiary/aromatic N) is 3. The fourth-order valence-electron chi connectivity index (χ4n) is 5.20. The second-order valence-corrected chi connectivity index (χ2v) is 10.7. The molecule has 0 aromatic heterocycles. The van der Waals surface area contributed by atoms with Gasteiger partial charge in [-0.2, -0.15) is 0 Å². The summed E-state index contributed by atoms with van der Waals surface area (Å²) in [6.07, 6.45) is 10.5. The van der Waals surface area contributed by atoms with Gasteiger partial charge in [-0.15, -0.1) is 0 Å². The van der Waals surface area contributed by atoms with E-state index in [-0.39, 0.29) is 57.4 Å². The average Bonchev–Trinajstić information content (AvgIpc) is 2.94. The maximum absolute atomic E-state index is 12.6. The molecule has 0 bridgehead atoms. The lowest BCUT2D eigenvalue weighted by atomic mass is 9.88. The zero-order chi connectivity index (χ0) is 25.6. The molecule has 0 saturated carbocycles. The first-order chi connectivity index (χ1) is 17.5. The number of likely N-dealkylation sites (tertiary alicyclic amines) is 3. The van der Waals surface area contributed by atoms with Crippen molar-refractivity contribution in [1.29, 1.82) is 0 Å². The van der Waals surface area contributed by atoms with Crippen molar-refractivity contribution in [3.63, 3.8) is 0 Å². The van der Waals surface area contributed by atoms with Crippen LogP contribution in [0.15, 0.2) is 0 Å². The Balaban J connectivity index is 1.50. The van der Waals surface area contributed by atoms with Gasteiger partial charge in [0.25, 0.3) is 0 Å². The van der Waals surface area contributed by atoms with E-state index in [9.17, 15) is 14.4 Å². The van der Waals surface area contributed by atoms with Crippen LogP contribution in [0.3, 0.4) is 0 Å². The van der Waals surface area contributed by atoms with E-state index in [0.29, 0.717) is 6.42 Å². The van der Waals surface area contributed by atoms with Crippen LogP contribution in [-0.4, -0.2) is 111 Å². The van der Waals surface area contributed by atoms with Crippen molar-refractivity contribution in [1.82, 2.24) is 14.7 Å². The van der Waals surface area contributed by atoms with E-state index in [2.05, 4.69) is 0 Å². The molecular weight excluding hydrogens is 462 g/mol. The number of ether oxygens (including phenoxy) is 3. The molecule has 3 aliphatic rings. The largest absolute Gasteiger partial charge is 0.371 e. The molecule has 0 radical (unpaired) electrons. The highest BCUT2D eigenvalue weighted by atomic mass is 16.5. The summed E-state index contributed by atoms with van der Waals surface area (Å²) in [6.45, 7) is 7.72. The van der Waals surface area contributed by atoms with E-state index in [4.69, 9.17) is 14.2 Å². The maximum atomic E-state index is 12.6. The molecule has 3 heterocycles. The second-order valence-electron chi connectivity index (χ2n) is 10.7. The summed E-state index contributed by atoms with van der Waals surface area (Å²) >= 11 is 0. The number of rotatable bonds is 13. The standard InChI is InChI=1S/C27H47N3O6/c1-2-27(21-34-18-24(31)28-12-6-3-7-13-28,22-35-19-25(32)29-14-8-4-9-15-29)23-36-20-26(33)30-16-10-5-11-17-30/h2-23H2,1H3. The number of hydrogen-bond donors (Lipinski definition) is 0. The van der Waals surface area contributed by atoms with Gasteiger partial charge < -0.3 is 28.9 Å². The van der Waals surface area contributed by atoms with Gasteiger partial charge in [-0.1, -0.05) is 6.92 Å². The second kappa shape index (κ2) is 15.5. The highest BCUT2D eigenvalue weighted by Crippen LogP contribution is 2.25. The lowest BCUT2D eigenvalue weighted by Crippen LogP contribution is -2.43. The first kappa shape index (κ1) is 28.9. The lowest BCUT2D eigenvalue weighted by Gasteiger charge is -2.34. The van der Waals surface area contributed by atoms with Gasteiger partial charge in [0.15, 0.2) is 0 Å². The van der Waals surface area contributed by atoms with Crippen LogP contribution >= 0.6 is 0 Å². The van der Waals surface area contributed by atoms with E-state index in [1.54, 1.807) is 0 Å². The minimum Gasteiger partial charge on any atom is -0.371 e. The highest BCUT2D eigenvalue weighted by molar-refractivity contribution is 5.78. The van der Waals surface area contributed by atoms with Crippen molar-refractivity contribution in [2.24, 2.45) is 5.41 Å². The van der Waals surface area contributed by atoms with Crippen molar-refractivity contribution in [3.05, 3.63) is 0 Å². The van der Waals surface area contributed by atoms with Gasteiger partial charge in [0, 0.05) is 44.7 Å². The van der Waals surface area contributed by atoms with Crippen LogP contribution in [0.4, 0.5) is 0 Å². The minimum absolute atomic E-state index is 0.0158. The Morgan fingerprint density at radius 2 is 0.806 bits per heavy atom. The molecular formula is C27H47N3O6. The van der Waals surface area contributed by atoms with Crippen LogP contribution in [0, 0.1) is 5.41 Å². The molecule has 206 valence electrons. The van der Waals surface area contributed by atoms with Crippen molar-refractivity contribution < 1.29 is 28.6 Å². The van der Waals surface area contributed by atoms with Gasteiger partial charge in [0.2, 0.25) is 17.7 Å². The first-order valence-electron chi connectivity index (χ1n) is 14.1. The van der Waals surface area contributed by atoms with E-state index < -0.39 is 5.41 Å². The summed E-state index contributed by atoms with van der Waals surface area (Å²) in [5, 5.41) is 0. The molecule has 3 amide bonds. The van der Waals surface area contributed by atoms with Crippen LogP contribution in [-0.2, 0) is 28.6 Å². The summed E-state index contributed by atoms with van der Waals surface area (Å²) < 4.78 is 17.7. The molecule has 3 saturated heterocycles. The van der Waals surface area contributed by atoms with Crippen molar-refractivity contribution >= 4 is 17.7 Å². The monoisotopic (exact) mass is 509 g/mol. The van der Waals surface area contributed by atoms with Gasteiger partial charge in [-0.25, -0.2) is 0 Å². The summed E-state index contributed by atoms with van der Waals surface area (Å²) in [4.78, 5) is 43.3. The number of piperidine rings is 3. The smallest absolute Gasteiger partial charge is 0.248 e. The predicted octanol–water partition coefficient (Wildman–Crippen LogP) is 2.47. The van der Waals surface area contributed by atoms with Crippen LogP contribution in [0.2, 0.25) is 0 Å². The third-order valence-electron chi connectivity index (χ3n) is 7.78. The topological polar surface area (TPSA) is 88.6 Å². The van der Waals surface area contributed by atoms with Gasteiger partial charge in [0.05, 0.1) is 19.8 Å². The first-order valence-corrected chi connectivity index (χ1v) is 14.1. The van der Waals surface area contributed by atoms with Gasteiger partial charge in [-0.3, -0.25) is 14.4 Å². The molecule has 0 aliphatic carbocycles. The van der Waals surface area contributed by atoms with Crippen LogP contribution in [0.1, 0.15) is 71.1 Å². The van der Waals surface area contributed by atoms with Crippen molar-refractivity contribution in [3.8, 4) is 0 Å². The van der Waals surface area contributed by atoms with Crippen LogP contribution in [0.5, 0.6) is 0 Å². The molecule has 3 aliphatic heterocycles. The Morgan fingerprint density at radius 3 is 1.06 bits per heavy atom. The Morgan fingerprint density at radius 1 is 0.528 bits per heavy atom. The molecule has 0 spiro atoms.